The van der Waals surface area contributed by atoms with Crippen molar-refractivity contribution < 1.29 is 0 Å². The standard InChI is InChI=1S/C50H34N4/c1-3-8-35(9-4-1)37-14-16-38(17-15-37)45-31-46(33-47(32-45)44-13-7-12-43(30-44)36-10-5-2-6-11-36)39-18-20-42(21-19-39)50-53-48(40-22-26-51-27-23-40)34-49(54-50)41-24-28-52-29-25-41/h1-34H. The summed E-state index contributed by atoms with van der Waals surface area (Å²) in [6.45, 7) is 0. The number of rotatable bonds is 8. The number of hydrogen-bond donors (Lipinski definition) is 0. The van der Waals surface area contributed by atoms with Crippen molar-refractivity contribution in [3.05, 3.63) is 207 Å². The van der Waals surface area contributed by atoms with Crippen LogP contribution < -0.4 is 0 Å². The highest BCUT2D eigenvalue weighted by Crippen LogP contribution is 2.36. The second-order valence-corrected chi connectivity index (χ2v) is 13.2. The van der Waals surface area contributed by atoms with Gasteiger partial charge in [0.2, 0.25) is 0 Å². The smallest absolute Gasteiger partial charge is 0.160 e. The highest BCUT2D eigenvalue weighted by Gasteiger charge is 2.13. The average molecular weight is 691 g/mol. The molecule has 0 radical (unpaired) electrons. The number of aromatic nitrogens is 4. The molecule has 0 saturated carbocycles. The Labute approximate surface area is 315 Å². The van der Waals surface area contributed by atoms with E-state index in [0.717, 1.165) is 50.3 Å². The second kappa shape index (κ2) is 14.7. The van der Waals surface area contributed by atoms with Crippen molar-refractivity contribution >= 4 is 0 Å². The normalized spacial score (nSPS) is 11.0. The first-order valence-electron chi connectivity index (χ1n) is 18.0. The molecule has 0 unspecified atom stereocenters. The Balaban J connectivity index is 1.12. The van der Waals surface area contributed by atoms with Crippen molar-refractivity contribution in [2.75, 3.05) is 0 Å². The first-order chi connectivity index (χ1) is 26.7. The molecule has 4 nitrogen and oxygen atoms in total. The van der Waals surface area contributed by atoms with Crippen LogP contribution in [-0.2, 0) is 0 Å². The van der Waals surface area contributed by atoms with E-state index in [1.54, 1.807) is 24.8 Å². The Morgan fingerprint density at radius 1 is 0.222 bits per heavy atom. The minimum absolute atomic E-state index is 0.661. The minimum atomic E-state index is 0.661. The first kappa shape index (κ1) is 32.6. The van der Waals surface area contributed by atoms with Gasteiger partial charge in [0, 0.05) is 41.5 Å². The van der Waals surface area contributed by atoms with Gasteiger partial charge in [-0.15, -0.1) is 0 Å². The molecular formula is C50H34N4. The molecule has 0 spiro atoms. The van der Waals surface area contributed by atoms with Crippen LogP contribution in [0, 0.1) is 0 Å². The van der Waals surface area contributed by atoms with E-state index < -0.39 is 0 Å². The van der Waals surface area contributed by atoms with E-state index >= 15 is 0 Å². The van der Waals surface area contributed by atoms with Crippen molar-refractivity contribution in [1.29, 1.82) is 0 Å². The number of benzene rings is 6. The fourth-order valence-electron chi connectivity index (χ4n) is 6.85. The Morgan fingerprint density at radius 2 is 0.556 bits per heavy atom. The summed E-state index contributed by atoms with van der Waals surface area (Å²) in [6.07, 6.45) is 7.15. The predicted octanol–water partition coefficient (Wildman–Crippen LogP) is 12.6. The lowest BCUT2D eigenvalue weighted by molar-refractivity contribution is 1.18. The van der Waals surface area contributed by atoms with Gasteiger partial charge in [-0.2, -0.15) is 0 Å². The van der Waals surface area contributed by atoms with Gasteiger partial charge in [0.1, 0.15) is 0 Å². The molecule has 3 aromatic heterocycles. The SMILES string of the molecule is c1ccc(-c2ccc(-c3cc(-c4ccc(-c5nc(-c6ccncc6)cc(-c6ccncc6)n5)cc4)cc(-c4cccc(-c5ccccc5)c4)c3)cc2)cc1. The molecule has 9 aromatic rings. The molecule has 0 fully saturated rings. The fourth-order valence-corrected chi connectivity index (χ4v) is 6.85. The third-order valence-electron chi connectivity index (χ3n) is 9.72. The zero-order valence-corrected chi connectivity index (χ0v) is 29.4. The van der Waals surface area contributed by atoms with E-state index in [9.17, 15) is 0 Å². The highest BCUT2D eigenvalue weighted by molar-refractivity contribution is 5.84. The summed E-state index contributed by atoms with van der Waals surface area (Å²) in [6, 6.07) is 64.1. The molecule has 54 heavy (non-hydrogen) atoms. The maximum absolute atomic E-state index is 5.02. The van der Waals surface area contributed by atoms with Gasteiger partial charge in [0.25, 0.3) is 0 Å². The van der Waals surface area contributed by atoms with Crippen molar-refractivity contribution in [3.8, 4) is 89.5 Å². The summed E-state index contributed by atoms with van der Waals surface area (Å²) in [4.78, 5) is 18.4. The van der Waals surface area contributed by atoms with Crippen LogP contribution in [0.15, 0.2) is 207 Å². The van der Waals surface area contributed by atoms with Crippen LogP contribution in [0.25, 0.3) is 89.5 Å². The van der Waals surface area contributed by atoms with Gasteiger partial charge in [-0.1, -0.05) is 127 Å². The highest BCUT2D eigenvalue weighted by atomic mass is 14.9. The van der Waals surface area contributed by atoms with E-state index in [-0.39, 0.29) is 0 Å². The molecular weight excluding hydrogens is 657 g/mol. The van der Waals surface area contributed by atoms with E-state index in [2.05, 4.69) is 162 Å². The molecule has 6 aromatic carbocycles. The lowest BCUT2D eigenvalue weighted by Crippen LogP contribution is -1.96. The molecule has 0 saturated heterocycles. The van der Waals surface area contributed by atoms with Gasteiger partial charge in [0.05, 0.1) is 11.4 Å². The van der Waals surface area contributed by atoms with E-state index in [0.29, 0.717) is 5.82 Å². The van der Waals surface area contributed by atoms with Gasteiger partial charge in [0.15, 0.2) is 5.82 Å². The van der Waals surface area contributed by atoms with Crippen molar-refractivity contribution in [2.24, 2.45) is 0 Å². The molecule has 0 bridgehead atoms. The van der Waals surface area contributed by atoms with Crippen molar-refractivity contribution in [2.45, 2.75) is 0 Å². The maximum Gasteiger partial charge on any atom is 0.160 e. The zero-order valence-electron chi connectivity index (χ0n) is 29.4. The van der Waals surface area contributed by atoms with Crippen LogP contribution in [0.2, 0.25) is 0 Å². The summed E-state index contributed by atoms with van der Waals surface area (Å²) in [7, 11) is 0. The summed E-state index contributed by atoms with van der Waals surface area (Å²) < 4.78 is 0. The fraction of sp³-hybridized carbons (Fsp3) is 0. The lowest BCUT2D eigenvalue weighted by atomic mass is 9.91. The van der Waals surface area contributed by atoms with Crippen LogP contribution in [-0.4, -0.2) is 19.9 Å². The van der Waals surface area contributed by atoms with Gasteiger partial charge >= 0.3 is 0 Å². The molecule has 4 heteroatoms. The predicted molar refractivity (Wildman–Crippen MR) is 221 cm³/mol. The van der Waals surface area contributed by atoms with E-state index in [4.69, 9.17) is 9.97 Å². The minimum Gasteiger partial charge on any atom is -0.265 e. The second-order valence-electron chi connectivity index (χ2n) is 13.2. The molecule has 0 aliphatic heterocycles. The van der Waals surface area contributed by atoms with Gasteiger partial charge in [-0.05, 0) is 110 Å². The van der Waals surface area contributed by atoms with Crippen molar-refractivity contribution in [3.63, 3.8) is 0 Å². The molecule has 0 N–H and O–H groups in total. The number of pyridine rings is 2. The van der Waals surface area contributed by atoms with Gasteiger partial charge in [-0.3, -0.25) is 9.97 Å². The molecule has 0 amide bonds. The zero-order chi connectivity index (χ0) is 36.1. The van der Waals surface area contributed by atoms with E-state index in [1.165, 1.54) is 33.4 Å². The van der Waals surface area contributed by atoms with Crippen molar-refractivity contribution in [1.82, 2.24) is 19.9 Å². The number of nitrogens with zero attached hydrogens (tertiary/aromatic N) is 4. The Kier molecular flexibility index (Phi) is 8.90. The van der Waals surface area contributed by atoms with Crippen LogP contribution in [0.5, 0.6) is 0 Å². The summed E-state index contributed by atoms with van der Waals surface area (Å²) in [5, 5.41) is 0. The molecule has 254 valence electrons. The third kappa shape index (κ3) is 6.97. The Morgan fingerprint density at radius 3 is 1.04 bits per heavy atom. The van der Waals surface area contributed by atoms with Crippen LogP contribution in [0.1, 0.15) is 0 Å². The summed E-state index contributed by atoms with van der Waals surface area (Å²) in [5.74, 6) is 0.661. The lowest BCUT2D eigenvalue weighted by Gasteiger charge is -2.13. The molecule has 0 aliphatic rings. The summed E-state index contributed by atoms with van der Waals surface area (Å²) in [5.41, 5.74) is 16.3. The monoisotopic (exact) mass is 690 g/mol. The molecule has 0 aliphatic carbocycles. The van der Waals surface area contributed by atoms with Gasteiger partial charge < -0.3 is 0 Å². The molecule has 9 rings (SSSR count). The van der Waals surface area contributed by atoms with E-state index in [1.807, 2.05) is 30.3 Å². The summed E-state index contributed by atoms with van der Waals surface area (Å²) >= 11 is 0. The molecule has 0 atom stereocenters. The third-order valence-corrected chi connectivity index (χ3v) is 9.72. The Bertz CT molecular complexity index is 2600. The van der Waals surface area contributed by atoms with Crippen LogP contribution in [0.4, 0.5) is 0 Å². The largest absolute Gasteiger partial charge is 0.265 e. The quantitative estimate of drug-likeness (QED) is 0.159. The number of hydrogen-bond acceptors (Lipinski definition) is 4. The molecule has 3 heterocycles. The first-order valence-corrected chi connectivity index (χ1v) is 18.0. The maximum atomic E-state index is 5.02. The van der Waals surface area contributed by atoms with Crippen LogP contribution in [0.3, 0.4) is 0 Å². The topological polar surface area (TPSA) is 51.6 Å². The van der Waals surface area contributed by atoms with Gasteiger partial charge in [-0.25, -0.2) is 9.97 Å². The van der Waals surface area contributed by atoms with Crippen LogP contribution >= 0.6 is 0 Å². The average Bonchev–Trinajstić information content (AvgIpc) is 3.27. The Hall–Kier alpha value is -7.30.